The summed E-state index contributed by atoms with van der Waals surface area (Å²) in [5, 5.41) is 0.925. The average Bonchev–Trinajstić information content (AvgIpc) is 3.20. The lowest BCUT2D eigenvalue weighted by atomic mass is 9.85. The summed E-state index contributed by atoms with van der Waals surface area (Å²) in [6, 6.07) is 13.4. The molecular formula is C29H36Cl2N4O2S. The van der Waals surface area contributed by atoms with Crippen LogP contribution in [0.25, 0.3) is 0 Å². The summed E-state index contributed by atoms with van der Waals surface area (Å²) >= 11 is 16.8. The zero-order valence-electron chi connectivity index (χ0n) is 22.8. The molecule has 6 nitrogen and oxygen atoms in total. The van der Waals surface area contributed by atoms with Crippen molar-refractivity contribution in [3.8, 4) is 5.75 Å². The molecule has 2 aliphatic rings. The molecule has 0 aromatic heterocycles. The molecule has 0 unspecified atom stereocenters. The van der Waals surface area contributed by atoms with Crippen LogP contribution in [-0.2, 0) is 4.79 Å². The van der Waals surface area contributed by atoms with Crippen LogP contribution in [0.2, 0.25) is 10.0 Å². The van der Waals surface area contributed by atoms with Crippen LogP contribution in [0.15, 0.2) is 63.2 Å². The summed E-state index contributed by atoms with van der Waals surface area (Å²) in [7, 11) is 1.87. The Morgan fingerprint density at radius 3 is 2.34 bits per heavy atom. The van der Waals surface area contributed by atoms with Crippen molar-refractivity contribution in [2.75, 3.05) is 25.0 Å². The maximum absolute atomic E-state index is 11.7. The van der Waals surface area contributed by atoms with E-state index in [1.54, 1.807) is 13.0 Å². The number of piperidine rings is 1. The number of amidine groups is 1. The SMILES string of the molecule is C/C(=N/C(=C(/C)C=O)N1CCC2(CC1)Oc1ccccc1/C2=N\S)N(C)c1cccc(Cl)c1Cl.CC(C)C. The van der Waals surface area contributed by atoms with Crippen LogP contribution in [0.1, 0.15) is 53.0 Å². The largest absolute Gasteiger partial charge is 0.480 e. The van der Waals surface area contributed by atoms with Gasteiger partial charge in [-0.15, -0.1) is 0 Å². The number of halogens is 2. The van der Waals surface area contributed by atoms with Crippen LogP contribution in [0.4, 0.5) is 5.69 Å². The molecule has 0 radical (unpaired) electrons. The number of hydrogen-bond acceptors (Lipinski definition) is 6. The Morgan fingerprint density at radius 2 is 1.74 bits per heavy atom. The lowest BCUT2D eigenvalue weighted by molar-refractivity contribution is -0.105. The molecule has 0 N–H and O–H groups in total. The van der Waals surface area contributed by atoms with Crippen molar-refractivity contribution in [2.45, 2.75) is 53.1 Å². The van der Waals surface area contributed by atoms with Gasteiger partial charge in [-0.25, -0.2) is 9.39 Å². The number of likely N-dealkylation sites (tertiary alicyclic amines) is 1. The highest BCUT2D eigenvalue weighted by molar-refractivity contribution is 7.79. The first-order valence-electron chi connectivity index (χ1n) is 12.7. The molecule has 0 bridgehead atoms. The highest BCUT2D eigenvalue weighted by Crippen LogP contribution is 2.42. The van der Waals surface area contributed by atoms with E-state index in [0.717, 1.165) is 34.9 Å². The summed E-state index contributed by atoms with van der Waals surface area (Å²) in [5.74, 6) is 2.98. The minimum Gasteiger partial charge on any atom is -0.480 e. The van der Waals surface area contributed by atoms with E-state index < -0.39 is 5.60 Å². The number of carbonyl (C=O) groups is 1. The van der Waals surface area contributed by atoms with E-state index >= 15 is 0 Å². The van der Waals surface area contributed by atoms with Gasteiger partial charge >= 0.3 is 0 Å². The van der Waals surface area contributed by atoms with Crippen molar-refractivity contribution >= 4 is 59.5 Å². The molecule has 2 aromatic rings. The lowest BCUT2D eigenvalue weighted by Crippen LogP contribution is -2.50. The van der Waals surface area contributed by atoms with Crippen LogP contribution in [0.3, 0.4) is 0 Å². The number of hydrogen-bond donors (Lipinski definition) is 1. The van der Waals surface area contributed by atoms with E-state index in [0.29, 0.717) is 53.2 Å². The van der Waals surface area contributed by atoms with Gasteiger partial charge in [-0.1, -0.05) is 62.2 Å². The maximum Gasteiger partial charge on any atom is 0.155 e. The van der Waals surface area contributed by atoms with Gasteiger partial charge in [0.15, 0.2) is 5.60 Å². The fourth-order valence-electron chi connectivity index (χ4n) is 4.43. The molecule has 0 saturated carbocycles. The highest BCUT2D eigenvalue weighted by atomic mass is 35.5. The first-order chi connectivity index (χ1) is 18.0. The summed E-state index contributed by atoms with van der Waals surface area (Å²) in [6.07, 6.45) is 2.23. The van der Waals surface area contributed by atoms with Crippen LogP contribution in [-0.4, -0.2) is 48.5 Å². The van der Waals surface area contributed by atoms with E-state index in [1.165, 1.54) is 0 Å². The third-order valence-electron chi connectivity index (χ3n) is 6.42. The van der Waals surface area contributed by atoms with Gasteiger partial charge in [0, 0.05) is 44.1 Å². The fraction of sp³-hybridized carbons (Fsp3) is 0.414. The van der Waals surface area contributed by atoms with Crippen molar-refractivity contribution in [2.24, 2.45) is 15.3 Å². The number of aldehydes is 1. The molecule has 1 fully saturated rings. The molecule has 9 heteroatoms. The molecule has 1 saturated heterocycles. The number of para-hydroxylation sites is 1. The van der Waals surface area contributed by atoms with Gasteiger partial charge in [0.05, 0.1) is 15.7 Å². The lowest BCUT2D eigenvalue weighted by Gasteiger charge is -2.40. The van der Waals surface area contributed by atoms with Gasteiger partial charge in [-0.3, -0.25) is 4.79 Å². The van der Waals surface area contributed by atoms with E-state index in [9.17, 15) is 4.79 Å². The van der Waals surface area contributed by atoms with E-state index in [4.69, 9.17) is 32.9 Å². The van der Waals surface area contributed by atoms with Crippen molar-refractivity contribution < 1.29 is 9.53 Å². The zero-order valence-corrected chi connectivity index (χ0v) is 25.2. The standard InChI is InChI=1S/C25H26Cl2N4O2S.C4H10/c1-16(15-32)24(28-17(2)30(3)20-9-6-8-19(26)22(20)27)31-13-11-25(12-14-31)23(29-34)18-7-4-5-10-21(18)33-25;1-4(2)3/h4-10,15,34H,11-14H2,1-3H3;4H,1-3H3/b24-16+,28-17-,29-23+;. The Labute approximate surface area is 241 Å². The number of ether oxygens (including phenoxy) is 1. The Balaban J connectivity index is 0.000000934. The Morgan fingerprint density at radius 1 is 1.11 bits per heavy atom. The minimum atomic E-state index is -0.522. The fourth-order valence-corrected chi connectivity index (χ4v) is 5.15. The van der Waals surface area contributed by atoms with Crippen LogP contribution >= 0.6 is 36.0 Å². The molecule has 204 valence electrons. The quantitative estimate of drug-likeness (QED) is 0.135. The van der Waals surface area contributed by atoms with E-state index in [-0.39, 0.29) is 0 Å². The summed E-state index contributed by atoms with van der Waals surface area (Å²) in [4.78, 5) is 20.6. The molecule has 2 aliphatic heterocycles. The number of fused-ring (bicyclic) bond motifs is 1. The monoisotopic (exact) mass is 574 g/mol. The highest BCUT2D eigenvalue weighted by Gasteiger charge is 2.48. The number of aliphatic imine (C=N–C) groups is 1. The Hall–Kier alpha value is -2.48. The number of rotatable bonds is 4. The van der Waals surface area contributed by atoms with Crippen molar-refractivity contribution in [1.82, 2.24) is 4.90 Å². The summed E-state index contributed by atoms with van der Waals surface area (Å²) in [6.45, 7) is 11.5. The predicted molar refractivity (Wildman–Crippen MR) is 163 cm³/mol. The number of allylic oxidation sites excluding steroid dienone is 1. The third kappa shape index (κ3) is 6.56. The van der Waals surface area contributed by atoms with Crippen molar-refractivity contribution in [1.29, 1.82) is 0 Å². The molecule has 0 amide bonds. The Kier molecular flexibility index (Phi) is 10.3. The van der Waals surface area contributed by atoms with Gasteiger partial charge in [-0.2, -0.15) is 0 Å². The van der Waals surface area contributed by atoms with Crippen molar-refractivity contribution in [3.63, 3.8) is 0 Å². The second-order valence-electron chi connectivity index (χ2n) is 10.2. The van der Waals surface area contributed by atoms with Gasteiger partial charge in [0.25, 0.3) is 0 Å². The molecule has 0 aliphatic carbocycles. The average molecular weight is 576 g/mol. The summed E-state index contributed by atoms with van der Waals surface area (Å²) < 4.78 is 10.7. The molecule has 2 aromatic carbocycles. The van der Waals surface area contributed by atoms with Gasteiger partial charge in [0.1, 0.15) is 29.4 Å². The first kappa shape index (κ1) is 30.1. The Bertz CT molecular complexity index is 1250. The molecule has 38 heavy (non-hydrogen) atoms. The van der Waals surface area contributed by atoms with Gasteiger partial charge < -0.3 is 14.5 Å². The molecular weight excluding hydrogens is 539 g/mol. The second kappa shape index (κ2) is 13.0. The molecule has 4 rings (SSSR count). The topological polar surface area (TPSA) is 57.5 Å². The number of thiol groups is 1. The molecule has 2 heterocycles. The predicted octanol–water partition coefficient (Wildman–Crippen LogP) is 7.50. The molecule has 0 atom stereocenters. The van der Waals surface area contributed by atoms with E-state index in [2.05, 4.69) is 42.9 Å². The zero-order chi connectivity index (χ0) is 28.0. The van der Waals surface area contributed by atoms with Gasteiger partial charge in [0.2, 0.25) is 0 Å². The summed E-state index contributed by atoms with van der Waals surface area (Å²) in [5.41, 5.74) is 2.62. The maximum atomic E-state index is 11.7. The number of anilines is 1. The van der Waals surface area contributed by atoms with Gasteiger partial charge in [-0.05, 0) is 56.8 Å². The van der Waals surface area contributed by atoms with Crippen LogP contribution in [0, 0.1) is 5.92 Å². The van der Waals surface area contributed by atoms with Crippen molar-refractivity contribution in [3.05, 3.63) is 69.5 Å². The first-order valence-corrected chi connectivity index (χ1v) is 13.8. The number of nitrogens with zero attached hydrogens (tertiary/aromatic N) is 4. The van der Waals surface area contributed by atoms with Crippen LogP contribution < -0.4 is 9.64 Å². The second-order valence-corrected chi connectivity index (χ2v) is 11.2. The third-order valence-corrected chi connectivity index (χ3v) is 7.43. The smallest absolute Gasteiger partial charge is 0.155 e. The normalized spacial score (nSPS) is 18.0. The number of benzene rings is 2. The van der Waals surface area contributed by atoms with E-state index in [1.807, 2.05) is 55.3 Å². The molecule has 1 spiro atoms. The minimum absolute atomic E-state index is 0.454. The van der Waals surface area contributed by atoms with Crippen LogP contribution in [0.5, 0.6) is 5.75 Å². The number of carbonyl (C=O) groups excluding carboxylic acids is 1.